The lowest BCUT2D eigenvalue weighted by Gasteiger charge is -1.98. The Morgan fingerprint density at radius 2 is 2.00 bits per heavy atom. The Balaban J connectivity index is 2.46. The number of carbonyl (C=O) groups is 2. The number of ketones is 1. The third-order valence-corrected chi connectivity index (χ3v) is 2.21. The molecule has 0 aliphatic heterocycles. The number of hydrogen-bond donors (Lipinski definition) is 1. The van der Waals surface area contributed by atoms with Crippen molar-refractivity contribution < 1.29 is 14.3 Å². The predicted molar refractivity (Wildman–Crippen MR) is 64.9 cm³/mol. The van der Waals surface area contributed by atoms with Gasteiger partial charge in [-0.2, -0.15) is 0 Å². The van der Waals surface area contributed by atoms with Gasteiger partial charge in [-0.15, -0.1) is 0 Å². The van der Waals surface area contributed by atoms with E-state index in [1.807, 2.05) is 0 Å². The molecule has 1 aromatic carbocycles. The van der Waals surface area contributed by atoms with E-state index in [0.29, 0.717) is 10.6 Å². The molecule has 0 aromatic heterocycles. The SMILES string of the molecule is COC(=O)CN/C=C\C(=O)c1ccc(Cl)cc1. The van der Waals surface area contributed by atoms with Crippen LogP contribution in [-0.2, 0) is 9.53 Å². The molecule has 0 saturated heterocycles. The predicted octanol–water partition coefficient (Wildman–Crippen LogP) is 1.80. The van der Waals surface area contributed by atoms with Crippen LogP contribution < -0.4 is 5.32 Å². The second-order valence-corrected chi connectivity index (χ2v) is 3.60. The monoisotopic (exact) mass is 253 g/mol. The van der Waals surface area contributed by atoms with E-state index in [1.54, 1.807) is 24.3 Å². The van der Waals surface area contributed by atoms with Crippen molar-refractivity contribution in [1.82, 2.24) is 5.32 Å². The Bertz CT molecular complexity index is 426. The minimum absolute atomic E-state index is 0.0287. The van der Waals surface area contributed by atoms with Crippen molar-refractivity contribution in [3.63, 3.8) is 0 Å². The van der Waals surface area contributed by atoms with Crippen LogP contribution in [-0.4, -0.2) is 25.4 Å². The first-order valence-electron chi connectivity index (χ1n) is 4.90. The maximum Gasteiger partial charge on any atom is 0.325 e. The highest BCUT2D eigenvalue weighted by Crippen LogP contribution is 2.10. The fraction of sp³-hybridized carbons (Fsp3) is 0.167. The molecule has 0 unspecified atom stereocenters. The van der Waals surface area contributed by atoms with Crippen molar-refractivity contribution in [1.29, 1.82) is 0 Å². The molecule has 1 aromatic rings. The summed E-state index contributed by atoms with van der Waals surface area (Å²) in [5.41, 5.74) is 0.533. The van der Waals surface area contributed by atoms with Gasteiger partial charge in [0.25, 0.3) is 0 Å². The van der Waals surface area contributed by atoms with E-state index in [0.717, 1.165) is 0 Å². The molecule has 5 heteroatoms. The summed E-state index contributed by atoms with van der Waals surface area (Å²) in [6.45, 7) is 0.0287. The van der Waals surface area contributed by atoms with Crippen LogP contribution in [0.3, 0.4) is 0 Å². The topological polar surface area (TPSA) is 55.4 Å². The lowest BCUT2D eigenvalue weighted by molar-refractivity contribution is -0.139. The summed E-state index contributed by atoms with van der Waals surface area (Å²) in [5, 5.41) is 3.22. The first-order valence-corrected chi connectivity index (χ1v) is 5.28. The average Bonchev–Trinajstić information content (AvgIpc) is 2.34. The Kier molecular flexibility index (Phi) is 5.23. The van der Waals surface area contributed by atoms with Gasteiger partial charge in [0.1, 0.15) is 6.54 Å². The van der Waals surface area contributed by atoms with Crippen LogP contribution in [0.5, 0.6) is 0 Å². The standard InChI is InChI=1S/C12H12ClNO3/c1-17-12(16)8-14-7-6-11(15)9-2-4-10(13)5-3-9/h2-7,14H,8H2,1H3/b7-6-. The van der Waals surface area contributed by atoms with E-state index < -0.39 is 5.97 Å². The smallest absolute Gasteiger partial charge is 0.325 e. The van der Waals surface area contributed by atoms with Crippen LogP contribution in [0.2, 0.25) is 5.02 Å². The van der Waals surface area contributed by atoms with E-state index in [9.17, 15) is 9.59 Å². The van der Waals surface area contributed by atoms with E-state index >= 15 is 0 Å². The molecule has 0 amide bonds. The fourth-order valence-electron chi connectivity index (χ4n) is 1.06. The largest absolute Gasteiger partial charge is 0.468 e. The van der Waals surface area contributed by atoms with Crippen LogP contribution >= 0.6 is 11.6 Å². The maximum atomic E-state index is 11.6. The van der Waals surface area contributed by atoms with Gasteiger partial charge < -0.3 is 10.1 Å². The molecule has 4 nitrogen and oxygen atoms in total. The van der Waals surface area contributed by atoms with Crippen LogP contribution in [0.1, 0.15) is 10.4 Å². The summed E-state index contributed by atoms with van der Waals surface area (Å²) in [7, 11) is 1.30. The van der Waals surface area contributed by atoms with Crippen molar-refractivity contribution in [3.8, 4) is 0 Å². The molecule has 1 N–H and O–H groups in total. The maximum absolute atomic E-state index is 11.6. The number of allylic oxidation sites excluding steroid dienone is 1. The van der Waals surface area contributed by atoms with Gasteiger partial charge in [0, 0.05) is 22.9 Å². The number of carbonyl (C=O) groups excluding carboxylic acids is 2. The first kappa shape index (κ1) is 13.3. The molecule has 0 aliphatic rings. The highest BCUT2D eigenvalue weighted by molar-refractivity contribution is 6.30. The molecular weight excluding hydrogens is 242 g/mol. The number of esters is 1. The third kappa shape index (κ3) is 4.70. The zero-order chi connectivity index (χ0) is 12.7. The normalized spacial score (nSPS) is 10.2. The molecule has 90 valence electrons. The number of halogens is 1. The number of benzene rings is 1. The molecule has 0 fully saturated rings. The van der Waals surface area contributed by atoms with Crippen molar-refractivity contribution in [2.75, 3.05) is 13.7 Å². The number of hydrogen-bond acceptors (Lipinski definition) is 4. The van der Waals surface area contributed by atoms with E-state index in [2.05, 4.69) is 10.1 Å². The van der Waals surface area contributed by atoms with Gasteiger partial charge in [-0.05, 0) is 24.3 Å². The Hall–Kier alpha value is -1.81. The highest BCUT2D eigenvalue weighted by atomic mass is 35.5. The second-order valence-electron chi connectivity index (χ2n) is 3.16. The van der Waals surface area contributed by atoms with E-state index in [-0.39, 0.29) is 12.3 Å². The minimum Gasteiger partial charge on any atom is -0.468 e. The van der Waals surface area contributed by atoms with Crippen molar-refractivity contribution in [3.05, 3.63) is 47.1 Å². The number of nitrogens with one attached hydrogen (secondary N) is 1. The van der Waals surface area contributed by atoms with Crippen LogP contribution in [0.4, 0.5) is 0 Å². The summed E-state index contributed by atoms with van der Waals surface area (Å²) in [6, 6.07) is 6.56. The van der Waals surface area contributed by atoms with Gasteiger partial charge in [0.15, 0.2) is 5.78 Å². The second kappa shape index (κ2) is 6.70. The summed E-state index contributed by atoms with van der Waals surface area (Å²) in [5.74, 6) is -0.562. The fourth-order valence-corrected chi connectivity index (χ4v) is 1.19. The van der Waals surface area contributed by atoms with Crippen molar-refractivity contribution in [2.24, 2.45) is 0 Å². The lowest BCUT2D eigenvalue weighted by atomic mass is 10.1. The van der Waals surface area contributed by atoms with Gasteiger partial charge >= 0.3 is 5.97 Å². The number of rotatable bonds is 5. The van der Waals surface area contributed by atoms with E-state index in [1.165, 1.54) is 19.4 Å². The van der Waals surface area contributed by atoms with Gasteiger partial charge in [0.2, 0.25) is 0 Å². The van der Waals surface area contributed by atoms with Gasteiger partial charge in [0.05, 0.1) is 7.11 Å². The van der Waals surface area contributed by atoms with E-state index in [4.69, 9.17) is 11.6 Å². The molecule has 0 bridgehead atoms. The number of methoxy groups -OCH3 is 1. The van der Waals surface area contributed by atoms with Gasteiger partial charge in [-0.25, -0.2) is 0 Å². The van der Waals surface area contributed by atoms with Crippen molar-refractivity contribution in [2.45, 2.75) is 0 Å². The lowest BCUT2D eigenvalue weighted by Crippen LogP contribution is -2.19. The Morgan fingerprint density at radius 3 is 2.59 bits per heavy atom. The first-order chi connectivity index (χ1) is 8.13. The summed E-state index contributed by atoms with van der Waals surface area (Å²) in [6.07, 6.45) is 2.75. The van der Waals surface area contributed by atoms with Crippen LogP contribution in [0.15, 0.2) is 36.5 Å². The van der Waals surface area contributed by atoms with Crippen LogP contribution in [0, 0.1) is 0 Å². The highest BCUT2D eigenvalue weighted by Gasteiger charge is 2.01. The van der Waals surface area contributed by atoms with Gasteiger partial charge in [-0.1, -0.05) is 11.6 Å². The quantitative estimate of drug-likeness (QED) is 0.494. The molecule has 0 aliphatic carbocycles. The molecule has 0 saturated carbocycles. The zero-order valence-electron chi connectivity index (χ0n) is 9.27. The molecule has 0 spiro atoms. The molecule has 0 heterocycles. The summed E-state index contributed by atoms with van der Waals surface area (Å²) < 4.78 is 4.42. The summed E-state index contributed by atoms with van der Waals surface area (Å²) >= 11 is 5.70. The van der Waals surface area contributed by atoms with Crippen molar-refractivity contribution >= 4 is 23.4 Å². The molecular formula is C12H12ClNO3. The molecule has 0 radical (unpaired) electrons. The molecule has 0 atom stereocenters. The number of ether oxygens (including phenoxy) is 1. The minimum atomic E-state index is -0.395. The average molecular weight is 254 g/mol. The van der Waals surface area contributed by atoms with Crippen LogP contribution in [0.25, 0.3) is 0 Å². The molecule has 17 heavy (non-hydrogen) atoms. The Morgan fingerprint density at radius 1 is 1.35 bits per heavy atom. The van der Waals surface area contributed by atoms with Gasteiger partial charge in [-0.3, -0.25) is 9.59 Å². The Labute approximate surface area is 104 Å². The molecule has 1 rings (SSSR count). The summed E-state index contributed by atoms with van der Waals surface area (Å²) in [4.78, 5) is 22.3. The zero-order valence-corrected chi connectivity index (χ0v) is 10.0. The third-order valence-electron chi connectivity index (χ3n) is 1.96.